The first kappa shape index (κ1) is 19.3. The van der Waals surface area contributed by atoms with E-state index in [-0.39, 0.29) is 11.4 Å². The maximum Gasteiger partial charge on any atom is 0.412 e. The molecule has 0 atom stereocenters. The van der Waals surface area contributed by atoms with Gasteiger partial charge in [0.05, 0.1) is 16.6 Å². The van der Waals surface area contributed by atoms with Crippen molar-refractivity contribution in [1.29, 1.82) is 0 Å². The van der Waals surface area contributed by atoms with E-state index in [0.29, 0.717) is 16.6 Å². The molecule has 0 spiro atoms. The second-order valence-corrected chi connectivity index (χ2v) is 7.73. The summed E-state index contributed by atoms with van der Waals surface area (Å²) in [6, 6.07) is 8.44. The smallest absolute Gasteiger partial charge is 0.412 e. The molecule has 1 N–H and O–H groups in total. The lowest BCUT2D eigenvalue weighted by molar-refractivity contribution is -0.383. The van der Waals surface area contributed by atoms with Gasteiger partial charge >= 0.3 is 6.09 Å². The van der Waals surface area contributed by atoms with Gasteiger partial charge in [0.2, 0.25) is 0 Å². The van der Waals surface area contributed by atoms with E-state index < -0.39 is 16.6 Å². The van der Waals surface area contributed by atoms with Crippen molar-refractivity contribution >= 4 is 39.1 Å². The van der Waals surface area contributed by atoms with Crippen LogP contribution in [-0.4, -0.2) is 31.2 Å². The molecule has 0 aliphatic heterocycles. The lowest BCUT2D eigenvalue weighted by Gasteiger charge is -2.20. The number of carbonyl (C=O) groups is 1. The van der Waals surface area contributed by atoms with Crippen molar-refractivity contribution in [1.82, 2.24) is 14.5 Å². The number of nitrogens with zero attached hydrogens (tertiary/aromatic N) is 4. The molecule has 1 amide bonds. The van der Waals surface area contributed by atoms with Gasteiger partial charge in [0.1, 0.15) is 17.1 Å². The monoisotopic (exact) mass is 405 g/mol. The van der Waals surface area contributed by atoms with Gasteiger partial charge in [-0.3, -0.25) is 25.0 Å². The number of nitrogens with one attached hydrogen (secondary N) is 1. The Morgan fingerprint density at radius 3 is 2.70 bits per heavy atom. The molecule has 4 aromatic rings. The molecule has 30 heavy (non-hydrogen) atoms. The Bertz CT molecular complexity index is 1290. The summed E-state index contributed by atoms with van der Waals surface area (Å²) in [5.74, 6) is 0.540. The number of fused-ring (bicyclic) bond motifs is 2. The molecule has 0 unspecified atom stereocenters. The van der Waals surface area contributed by atoms with Crippen LogP contribution in [0.1, 0.15) is 20.8 Å². The van der Waals surface area contributed by atoms with E-state index >= 15 is 0 Å². The molecule has 0 radical (unpaired) electrons. The molecule has 0 saturated heterocycles. The molecule has 1 aromatic carbocycles. The molecule has 9 heteroatoms. The second-order valence-electron chi connectivity index (χ2n) is 7.73. The number of nitro groups is 1. The zero-order chi connectivity index (χ0) is 21.5. The zero-order valence-electron chi connectivity index (χ0n) is 16.6. The number of benzene rings is 1. The third-order valence-electron chi connectivity index (χ3n) is 4.43. The lowest BCUT2D eigenvalue weighted by Crippen LogP contribution is -2.27. The SMILES string of the molecule is CC(C)(C)OC(=O)Nc1c([N+](=O)[O-])ccc2cnc(-n3ccc4ccncc43)cc12. The van der Waals surface area contributed by atoms with E-state index in [9.17, 15) is 14.9 Å². The Labute approximate surface area is 171 Å². The molecule has 4 rings (SSSR count). The van der Waals surface area contributed by atoms with Gasteiger partial charge in [-0.05, 0) is 45.0 Å². The van der Waals surface area contributed by atoms with Gasteiger partial charge in [-0.2, -0.15) is 0 Å². The second kappa shape index (κ2) is 7.11. The van der Waals surface area contributed by atoms with E-state index in [1.54, 1.807) is 51.5 Å². The van der Waals surface area contributed by atoms with Crippen molar-refractivity contribution in [3.8, 4) is 5.82 Å². The first-order valence-electron chi connectivity index (χ1n) is 9.21. The van der Waals surface area contributed by atoms with Gasteiger partial charge in [-0.1, -0.05) is 0 Å². The molecule has 0 fully saturated rings. The van der Waals surface area contributed by atoms with Crippen LogP contribution in [0.2, 0.25) is 0 Å². The maximum atomic E-state index is 12.3. The van der Waals surface area contributed by atoms with Crippen molar-refractivity contribution in [2.24, 2.45) is 0 Å². The van der Waals surface area contributed by atoms with Crippen molar-refractivity contribution in [2.45, 2.75) is 26.4 Å². The summed E-state index contributed by atoms with van der Waals surface area (Å²) in [7, 11) is 0. The van der Waals surface area contributed by atoms with Gasteiger partial charge in [-0.15, -0.1) is 0 Å². The minimum absolute atomic E-state index is 0.0602. The highest BCUT2D eigenvalue weighted by Gasteiger charge is 2.23. The first-order valence-corrected chi connectivity index (χ1v) is 9.21. The van der Waals surface area contributed by atoms with Gasteiger partial charge < -0.3 is 4.74 Å². The highest BCUT2D eigenvalue weighted by molar-refractivity contribution is 6.04. The predicted octanol–water partition coefficient (Wildman–Crippen LogP) is 4.83. The van der Waals surface area contributed by atoms with Crippen LogP contribution in [0.3, 0.4) is 0 Å². The zero-order valence-corrected chi connectivity index (χ0v) is 16.6. The van der Waals surface area contributed by atoms with Crippen LogP contribution in [0.5, 0.6) is 0 Å². The average Bonchev–Trinajstić information content (AvgIpc) is 3.10. The van der Waals surface area contributed by atoms with E-state index in [4.69, 9.17) is 4.74 Å². The minimum atomic E-state index is -0.771. The number of ether oxygens (including phenoxy) is 1. The quantitative estimate of drug-likeness (QED) is 0.386. The predicted molar refractivity (Wildman–Crippen MR) is 113 cm³/mol. The molecule has 9 nitrogen and oxygen atoms in total. The van der Waals surface area contributed by atoms with Crippen LogP contribution in [0.4, 0.5) is 16.2 Å². The maximum absolute atomic E-state index is 12.3. The molecule has 152 valence electrons. The van der Waals surface area contributed by atoms with Crippen molar-refractivity contribution in [3.63, 3.8) is 0 Å². The number of amides is 1. The molecule has 0 aliphatic rings. The van der Waals surface area contributed by atoms with E-state index in [1.165, 1.54) is 6.07 Å². The minimum Gasteiger partial charge on any atom is -0.444 e. The van der Waals surface area contributed by atoms with E-state index in [1.807, 2.05) is 22.9 Å². The van der Waals surface area contributed by atoms with E-state index in [2.05, 4.69) is 15.3 Å². The van der Waals surface area contributed by atoms with Crippen LogP contribution >= 0.6 is 0 Å². The number of rotatable bonds is 3. The Hall–Kier alpha value is -4.01. The summed E-state index contributed by atoms with van der Waals surface area (Å²) >= 11 is 0. The van der Waals surface area contributed by atoms with Gasteiger partial charge in [0, 0.05) is 40.8 Å². The van der Waals surface area contributed by atoms with Crippen molar-refractivity contribution < 1.29 is 14.5 Å². The Kier molecular flexibility index (Phi) is 4.57. The fourth-order valence-electron chi connectivity index (χ4n) is 3.19. The van der Waals surface area contributed by atoms with Gasteiger partial charge in [0.25, 0.3) is 5.69 Å². The summed E-state index contributed by atoms with van der Waals surface area (Å²) in [6.07, 6.45) is 6.10. The summed E-state index contributed by atoms with van der Waals surface area (Å²) in [6.45, 7) is 5.16. The Morgan fingerprint density at radius 1 is 1.17 bits per heavy atom. The highest BCUT2D eigenvalue weighted by atomic mass is 16.6. The summed E-state index contributed by atoms with van der Waals surface area (Å²) in [4.78, 5) is 32.0. The molecule has 0 aliphatic carbocycles. The molecule has 0 bridgehead atoms. The van der Waals surface area contributed by atoms with Crippen LogP contribution in [0.25, 0.3) is 27.5 Å². The number of pyridine rings is 2. The standard InChI is InChI=1S/C21H19N5O4/c1-21(2,3)30-20(27)24-19-15-10-18(23-11-14(15)4-5-16(19)26(28)29)25-9-7-13-6-8-22-12-17(13)25/h4-12H,1-3H3,(H,24,27). The third kappa shape index (κ3) is 3.64. The van der Waals surface area contributed by atoms with E-state index in [0.717, 1.165) is 10.9 Å². The largest absolute Gasteiger partial charge is 0.444 e. The number of hydrogen-bond donors (Lipinski definition) is 1. The number of aromatic nitrogens is 3. The third-order valence-corrected chi connectivity index (χ3v) is 4.43. The summed E-state index contributed by atoms with van der Waals surface area (Å²) in [5, 5.41) is 16.3. The van der Waals surface area contributed by atoms with Crippen molar-refractivity contribution in [3.05, 3.63) is 65.2 Å². The van der Waals surface area contributed by atoms with Crippen LogP contribution in [-0.2, 0) is 4.74 Å². The molecule has 0 saturated carbocycles. The summed E-state index contributed by atoms with van der Waals surface area (Å²) < 4.78 is 7.11. The summed E-state index contributed by atoms with van der Waals surface area (Å²) in [5.41, 5.74) is -0.0707. The van der Waals surface area contributed by atoms with Gasteiger partial charge in [-0.25, -0.2) is 9.78 Å². The first-order chi connectivity index (χ1) is 14.2. The topological polar surface area (TPSA) is 112 Å². The van der Waals surface area contributed by atoms with Crippen LogP contribution in [0, 0.1) is 10.1 Å². The molecule has 3 aromatic heterocycles. The number of nitro benzene ring substituents is 1. The van der Waals surface area contributed by atoms with Crippen LogP contribution < -0.4 is 5.32 Å². The van der Waals surface area contributed by atoms with Crippen LogP contribution in [0.15, 0.2) is 55.1 Å². The number of anilines is 1. The fourth-order valence-corrected chi connectivity index (χ4v) is 3.19. The highest BCUT2D eigenvalue weighted by Crippen LogP contribution is 2.34. The fraction of sp³-hybridized carbons (Fsp3) is 0.190. The normalized spacial score (nSPS) is 11.6. The van der Waals surface area contributed by atoms with Gasteiger partial charge in [0.15, 0.2) is 0 Å². The number of carbonyl (C=O) groups excluding carboxylic acids is 1. The average molecular weight is 405 g/mol. The molecular weight excluding hydrogens is 386 g/mol. The molecular formula is C21H19N5O4. The molecule has 3 heterocycles. The Balaban J connectivity index is 1.87. The Morgan fingerprint density at radius 2 is 1.97 bits per heavy atom. The van der Waals surface area contributed by atoms with Crippen molar-refractivity contribution in [2.75, 3.05) is 5.32 Å². The number of hydrogen-bond acceptors (Lipinski definition) is 6. The lowest BCUT2D eigenvalue weighted by atomic mass is 10.1.